The van der Waals surface area contributed by atoms with Gasteiger partial charge in [-0.15, -0.1) is 0 Å². The highest BCUT2D eigenvalue weighted by molar-refractivity contribution is 5.92. The van der Waals surface area contributed by atoms with E-state index in [0.717, 1.165) is 16.8 Å². The molecule has 1 amide bonds. The van der Waals surface area contributed by atoms with E-state index in [0.29, 0.717) is 18.8 Å². The number of hydrogen-bond acceptors (Lipinski definition) is 2. The van der Waals surface area contributed by atoms with Gasteiger partial charge in [0.25, 0.3) is 5.91 Å². The Balaban J connectivity index is 1.40. The van der Waals surface area contributed by atoms with E-state index >= 15 is 0 Å². The Hall–Kier alpha value is -3.60. The topological polar surface area (TPSA) is 53.9 Å². The third kappa shape index (κ3) is 3.88. The zero-order valence-corrected chi connectivity index (χ0v) is 15.7. The summed E-state index contributed by atoms with van der Waals surface area (Å²) in [4.78, 5) is 14.3. The van der Waals surface area contributed by atoms with E-state index in [-0.39, 0.29) is 5.91 Å². The van der Waals surface area contributed by atoms with Gasteiger partial charge in [-0.1, -0.05) is 60.7 Å². The molecule has 2 heterocycles. The van der Waals surface area contributed by atoms with Crippen LogP contribution in [0.1, 0.15) is 21.7 Å². The van der Waals surface area contributed by atoms with Gasteiger partial charge < -0.3 is 9.47 Å². The first kappa shape index (κ1) is 17.8. The number of aromatic amines is 1. The second-order valence-corrected chi connectivity index (χ2v) is 6.78. The minimum Gasteiger partial charge on any atom is -0.341 e. The Kier molecular flexibility index (Phi) is 5.06. The third-order valence-corrected chi connectivity index (χ3v) is 4.71. The molecule has 2 aromatic carbocycles. The highest BCUT2D eigenvalue weighted by atomic mass is 16.2. The first-order valence-corrected chi connectivity index (χ1v) is 9.26. The molecule has 1 N–H and O–H groups in total. The fourth-order valence-electron chi connectivity index (χ4n) is 3.20. The van der Waals surface area contributed by atoms with Gasteiger partial charge in [0, 0.05) is 25.3 Å². The first-order chi connectivity index (χ1) is 13.7. The molecule has 0 aliphatic heterocycles. The number of fused-ring (bicyclic) bond motifs is 1. The van der Waals surface area contributed by atoms with Crippen molar-refractivity contribution in [2.45, 2.75) is 6.54 Å². The Morgan fingerprint density at radius 3 is 2.75 bits per heavy atom. The number of benzene rings is 2. The maximum Gasteiger partial charge on any atom is 0.274 e. The summed E-state index contributed by atoms with van der Waals surface area (Å²) in [5.74, 6) is -0.0995. The van der Waals surface area contributed by atoms with E-state index in [1.165, 1.54) is 5.39 Å². The van der Waals surface area contributed by atoms with Crippen LogP contribution in [0.2, 0.25) is 0 Å². The number of hydrogen-bond donors (Lipinski definition) is 1. The van der Waals surface area contributed by atoms with Crippen molar-refractivity contribution in [1.82, 2.24) is 19.7 Å². The van der Waals surface area contributed by atoms with Crippen molar-refractivity contribution in [3.05, 3.63) is 96.0 Å². The van der Waals surface area contributed by atoms with Crippen LogP contribution in [0.5, 0.6) is 0 Å². The molecule has 0 atom stereocenters. The second-order valence-electron chi connectivity index (χ2n) is 6.78. The van der Waals surface area contributed by atoms with Gasteiger partial charge in [-0.25, -0.2) is 0 Å². The molecule has 0 aliphatic rings. The average Bonchev–Trinajstić information content (AvgIpc) is 3.36. The molecular formula is C23H22N4O. The lowest BCUT2D eigenvalue weighted by Gasteiger charge is -2.12. The largest absolute Gasteiger partial charge is 0.341 e. The summed E-state index contributed by atoms with van der Waals surface area (Å²) in [6, 6.07) is 22.2. The van der Waals surface area contributed by atoms with Crippen molar-refractivity contribution >= 4 is 22.9 Å². The number of likely N-dealkylation sites (N-methyl/N-ethyl adjacent to an activating group) is 1. The molecule has 4 aromatic rings. The van der Waals surface area contributed by atoms with E-state index in [4.69, 9.17) is 0 Å². The Labute approximate surface area is 163 Å². The molecule has 0 spiro atoms. The van der Waals surface area contributed by atoms with Crippen LogP contribution in [0.15, 0.2) is 79.0 Å². The lowest BCUT2D eigenvalue weighted by atomic mass is 10.2. The fourth-order valence-corrected chi connectivity index (χ4v) is 3.20. The Morgan fingerprint density at radius 2 is 1.89 bits per heavy atom. The van der Waals surface area contributed by atoms with Crippen LogP contribution in [0.25, 0.3) is 17.0 Å². The number of amides is 1. The fraction of sp³-hybridized carbons (Fsp3) is 0.130. The zero-order chi connectivity index (χ0) is 19.3. The summed E-state index contributed by atoms with van der Waals surface area (Å²) in [6.45, 7) is 1.17. The molecule has 5 heteroatoms. The standard InChI is InChI=1S/C23H22N4O/c1-26(14-7-10-18-8-3-2-4-9-18)23(28)21-16-20(24-25-21)17-27-15-13-19-11-5-6-12-22(19)27/h2-13,15-16H,14,17H2,1H3,(H,24,25)/b10-7+. The summed E-state index contributed by atoms with van der Waals surface area (Å²) in [7, 11) is 1.78. The number of carbonyl (C=O) groups excluding carboxylic acids is 1. The lowest BCUT2D eigenvalue weighted by Crippen LogP contribution is -2.27. The molecule has 0 fully saturated rings. The van der Waals surface area contributed by atoms with Crippen molar-refractivity contribution in [2.24, 2.45) is 0 Å². The zero-order valence-electron chi connectivity index (χ0n) is 15.7. The number of nitrogens with one attached hydrogen (secondary N) is 1. The number of carbonyl (C=O) groups is 1. The third-order valence-electron chi connectivity index (χ3n) is 4.71. The monoisotopic (exact) mass is 370 g/mol. The lowest BCUT2D eigenvalue weighted by molar-refractivity contribution is 0.0804. The highest BCUT2D eigenvalue weighted by Crippen LogP contribution is 2.16. The summed E-state index contributed by atoms with van der Waals surface area (Å²) >= 11 is 0. The van der Waals surface area contributed by atoms with Gasteiger partial charge >= 0.3 is 0 Å². The highest BCUT2D eigenvalue weighted by Gasteiger charge is 2.14. The predicted molar refractivity (Wildman–Crippen MR) is 112 cm³/mol. The summed E-state index contributed by atoms with van der Waals surface area (Å²) in [5.41, 5.74) is 3.61. The van der Waals surface area contributed by atoms with Crippen LogP contribution in [0, 0.1) is 0 Å². The van der Waals surface area contributed by atoms with Crippen LogP contribution in [-0.2, 0) is 6.54 Å². The molecule has 0 unspecified atom stereocenters. The minimum absolute atomic E-state index is 0.0995. The predicted octanol–water partition coefficient (Wildman–Crippen LogP) is 4.20. The SMILES string of the molecule is CN(C/C=C/c1ccccc1)C(=O)c1cc(Cn2ccc3ccccc32)[nH]n1. The van der Waals surface area contributed by atoms with Gasteiger partial charge in [0.2, 0.25) is 0 Å². The molecular weight excluding hydrogens is 348 g/mol. The molecule has 5 nitrogen and oxygen atoms in total. The van der Waals surface area contributed by atoms with Crippen LogP contribution in [0.3, 0.4) is 0 Å². The summed E-state index contributed by atoms with van der Waals surface area (Å²) < 4.78 is 2.14. The Morgan fingerprint density at radius 1 is 1.11 bits per heavy atom. The molecule has 0 radical (unpaired) electrons. The maximum atomic E-state index is 12.6. The number of para-hydroxylation sites is 1. The van der Waals surface area contributed by atoms with Gasteiger partial charge in [0.05, 0.1) is 12.2 Å². The molecule has 4 rings (SSSR count). The van der Waals surface area contributed by atoms with Crippen LogP contribution in [0.4, 0.5) is 0 Å². The van der Waals surface area contributed by atoms with Crippen LogP contribution >= 0.6 is 0 Å². The van der Waals surface area contributed by atoms with Crippen LogP contribution in [-0.4, -0.2) is 39.2 Å². The minimum atomic E-state index is -0.0995. The number of nitrogens with zero attached hydrogens (tertiary/aromatic N) is 3. The van der Waals surface area contributed by atoms with Crippen molar-refractivity contribution in [2.75, 3.05) is 13.6 Å². The van der Waals surface area contributed by atoms with Gasteiger partial charge in [-0.05, 0) is 29.1 Å². The molecule has 28 heavy (non-hydrogen) atoms. The summed E-state index contributed by atoms with van der Waals surface area (Å²) in [6.07, 6.45) is 6.04. The maximum absolute atomic E-state index is 12.6. The van der Waals surface area contributed by atoms with Crippen molar-refractivity contribution < 1.29 is 4.79 Å². The molecule has 0 aliphatic carbocycles. The molecule has 0 saturated heterocycles. The van der Waals surface area contributed by atoms with E-state index in [9.17, 15) is 4.79 Å². The molecule has 0 saturated carbocycles. The number of H-pyrrole nitrogens is 1. The van der Waals surface area contributed by atoms with Gasteiger partial charge in [0.15, 0.2) is 0 Å². The number of aromatic nitrogens is 3. The molecule has 140 valence electrons. The van der Waals surface area contributed by atoms with Gasteiger partial charge in [0.1, 0.15) is 5.69 Å². The van der Waals surface area contributed by atoms with Crippen molar-refractivity contribution in [3.8, 4) is 0 Å². The van der Waals surface area contributed by atoms with Crippen LogP contribution < -0.4 is 0 Å². The van der Waals surface area contributed by atoms with Gasteiger partial charge in [-0.3, -0.25) is 9.89 Å². The quantitative estimate of drug-likeness (QED) is 0.553. The average molecular weight is 370 g/mol. The molecule has 0 bridgehead atoms. The normalized spacial score (nSPS) is 11.3. The van der Waals surface area contributed by atoms with E-state index in [1.807, 2.05) is 66.9 Å². The van der Waals surface area contributed by atoms with E-state index in [1.54, 1.807) is 11.9 Å². The van der Waals surface area contributed by atoms with E-state index < -0.39 is 0 Å². The molecule has 2 aromatic heterocycles. The van der Waals surface area contributed by atoms with Crippen molar-refractivity contribution in [1.29, 1.82) is 0 Å². The van der Waals surface area contributed by atoms with E-state index in [2.05, 4.69) is 33.0 Å². The number of rotatable bonds is 6. The van der Waals surface area contributed by atoms with Crippen molar-refractivity contribution in [3.63, 3.8) is 0 Å². The smallest absolute Gasteiger partial charge is 0.274 e. The summed E-state index contributed by atoms with van der Waals surface area (Å²) in [5, 5.41) is 8.40. The Bertz CT molecular complexity index is 1110. The second kappa shape index (κ2) is 7.96. The van der Waals surface area contributed by atoms with Gasteiger partial charge in [-0.2, -0.15) is 5.10 Å². The first-order valence-electron chi connectivity index (χ1n) is 9.26.